The first kappa shape index (κ1) is 24.9. The van der Waals surface area contributed by atoms with Crippen LogP contribution >= 0.6 is 11.6 Å². The summed E-state index contributed by atoms with van der Waals surface area (Å²) in [4.78, 5) is 30.3. The van der Waals surface area contributed by atoms with E-state index in [4.69, 9.17) is 11.6 Å². The van der Waals surface area contributed by atoms with Crippen LogP contribution in [0, 0.1) is 0 Å². The Labute approximate surface area is 210 Å². The standard InChI is InChI=1S/C26H31ClN6O2/c27-23-17-30-25-26(35)33(23)18-24(34)32-22-10-5-4-9-20(22)11-14-28-12-6-13-29-16-21(31-25)15-19-7-2-1-3-8-19/h1-5,7-10,17,21,28-29H,6,11-16,18H2,(H,30,31)(H,32,34)/t21-/m0/s1. The molecule has 1 aliphatic heterocycles. The van der Waals surface area contributed by atoms with Gasteiger partial charge in [0, 0.05) is 18.3 Å². The van der Waals surface area contributed by atoms with Gasteiger partial charge in [0.1, 0.15) is 11.7 Å². The van der Waals surface area contributed by atoms with Crippen molar-refractivity contribution in [1.29, 1.82) is 0 Å². The Morgan fingerprint density at radius 2 is 1.74 bits per heavy atom. The van der Waals surface area contributed by atoms with Crippen LogP contribution in [0.1, 0.15) is 17.5 Å². The van der Waals surface area contributed by atoms with Crippen LogP contribution in [0.25, 0.3) is 0 Å². The Bertz CT molecular complexity index is 1180. The first-order chi connectivity index (χ1) is 17.1. The maximum atomic E-state index is 13.2. The first-order valence-electron chi connectivity index (χ1n) is 11.9. The molecule has 0 unspecified atom stereocenters. The summed E-state index contributed by atoms with van der Waals surface area (Å²) in [5, 5.41) is 13.3. The number of anilines is 2. The molecule has 0 fully saturated rings. The van der Waals surface area contributed by atoms with Gasteiger partial charge in [-0.15, -0.1) is 0 Å². The van der Waals surface area contributed by atoms with Gasteiger partial charge in [-0.25, -0.2) is 4.98 Å². The van der Waals surface area contributed by atoms with E-state index in [0.29, 0.717) is 13.0 Å². The fourth-order valence-electron chi connectivity index (χ4n) is 4.14. The molecule has 3 aromatic rings. The summed E-state index contributed by atoms with van der Waals surface area (Å²) in [5.74, 6) is -0.150. The monoisotopic (exact) mass is 494 g/mol. The molecule has 0 spiro atoms. The highest BCUT2D eigenvalue weighted by Gasteiger charge is 2.17. The van der Waals surface area contributed by atoms with Crippen molar-refractivity contribution in [3.63, 3.8) is 0 Å². The maximum absolute atomic E-state index is 13.2. The Balaban J connectivity index is 1.59. The molecule has 4 rings (SSSR count). The van der Waals surface area contributed by atoms with Gasteiger partial charge < -0.3 is 21.3 Å². The zero-order valence-electron chi connectivity index (χ0n) is 19.6. The predicted octanol–water partition coefficient (Wildman–Crippen LogP) is 2.68. The van der Waals surface area contributed by atoms with E-state index >= 15 is 0 Å². The van der Waals surface area contributed by atoms with Gasteiger partial charge in [-0.1, -0.05) is 60.1 Å². The van der Waals surface area contributed by atoms with Crippen molar-refractivity contribution >= 4 is 29.0 Å². The third-order valence-corrected chi connectivity index (χ3v) is 6.24. The van der Waals surface area contributed by atoms with Crippen LogP contribution in [0.2, 0.25) is 5.15 Å². The molecule has 1 amide bonds. The number of hydrogen-bond acceptors (Lipinski definition) is 6. The van der Waals surface area contributed by atoms with Gasteiger partial charge in [-0.3, -0.25) is 14.2 Å². The van der Waals surface area contributed by atoms with Crippen LogP contribution in [0.15, 0.2) is 65.6 Å². The third-order valence-electron chi connectivity index (χ3n) is 5.93. The lowest BCUT2D eigenvalue weighted by Crippen LogP contribution is -2.39. The minimum absolute atomic E-state index is 0.0697. The van der Waals surface area contributed by atoms with Crippen molar-refractivity contribution < 1.29 is 4.79 Å². The smallest absolute Gasteiger partial charge is 0.294 e. The third kappa shape index (κ3) is 7.14. The molecule has 1 aliphatic rings. The van der Waals surface area contributed by atoms with E-state index in [1.165, 1.54) is 10.8 Å². The van der Waals surface area contributed by atoms with E-state index in [1.54, 1.807) is 0 Å². The molecule has 4 N–H and O–H groups in total. The number of benzene rings is 2. The van der Waals surface area contributed by atoms with E-state index < -0.39 is 5.56 Å². The quantitative estimate of drug-likeness (QED) is 0.437. The van der Waals surface area contributed by atoms with Crippen molar-refractivity contribution in [2.24, 2.45) is 0 Å². The van der Waals surface area contributed by atoms with Gasteiger partial charge in [-0.05, 0) is 56.1 Å². The van der Waals surface area contributed by atoms with Crippen molar-refractivity contribution in [3.8, 4) is 0 Å². The zero-order valence-corrected chi connectivity index (χ0v) is 20.4. The van der Waals surface area contributed by atoms with Crippen LogP contribution in [0.3, 0.4) is 0 Å². The Kier molecular flexibility index (Phi) is 8.89. The molecule has 0 saturated heterocycles. The lowest BCUT2D eigenvalue weighted by molar-refractivity contribution is -0.116. The molecule has 184 valence electrons. The second kappa shape index (κ2) is 12.5. The maximum Gasteiger partial charge on any atom is 0.294 e. The molecule has 1 atom stereocenters. The molecular formula is C26H31ClN6O2. The molecule has 9 heteroatoms. The number of carbonyl (C=O) groups excluding carboxylic acids is 1. The number of hydrogen-bond donors (Lipinski definition) is 4. The topological polar surface area (TPSA) is 100 Å². The van der Waals surface area contributed by atoms with Crippen LogP contribution in [-0.2, 0) is 24.2 Å². The normalized spacial score (nSPS) is 17.9. The van der Waals surface area contributed by atoms with Crippen molar-refractivity contribution in [1.82, 2.24) is 20.2 Å². The molecule has 1 aromatic heterocycles. The van der Waals surface area contributed by atoms with Crippen molar-refractivity contribution in [3.05, 3.63) is 87.4 Å². The Hall–Kier alpha value is -3.20. The largest absolute Gasteiger partial charge is 0.361 e. The summed E-state index contributed by atoms with van der Waals surface area (Å²) in [6, 6.07) is 17.7. The number of rotatable bonds is 2. The fourth-order valence-corrected chi connectivity index (χ4v) is 4.32. The predicted molar refractivity (Wildman–Crippen MR) is 140 cm³/mol. The van der Waals surface area contributed by atoms with E-state index in [0.717, 1.165) is 49.3 Å². The van der Waals surface area contributed by atoms with Gasteiger partial charge >= 0.3 is 0 Å². The summed E-state index contributed by atoms with van der Waals surface area (Å²) in [5.41, 5.74) is 2.50. The number of nitrogens with zero attached hydrogens (tertiary/aromatic N) is 2. The van der Waals surface area contributed by atoms with E-state index in [-0.39, 0.29) is 29.5 Å². The molecule has 8 nitrogen and oxygen atoms in total. The lowest BCUT2D eigenvalue weighted by atomic mass is 10.1. The number of carbonyl (C=O) groups is 1. The summed E-state index contributed by atoms with van der Waals surface area (Å²) < 4.78 is 1.24. The number of para-hydroxylation sites is 1. The number of nitrogens with one attached hydrogen (secondary N) is 4. The van der Waals surface area contributed by atoms with E-state index in [1.807, 2.05) is 42.5 Å². The van der Waals surface area contributed by atoms with Crippen molar-refractivity contribution in [2.75, 3.05) is 36.8 Å². The molecule has 2 aromatic carbocycles. The fraction of sp³-hybridized carbons (Fsp3) is 0.346. The molecule has 2 heterocycles. The lowest BCUT2D eigenvalue weighted by Gasteiger charge is -2.21. The van der Waals surface area contributed by atoms with Gasteiger partial charge in [-0.2, -0.15) is 0 Å². The Morgan fingerprint density at radius 1 is 0.971 bits per heavy atom. The SMILES string of the molecule is O=C1Cn2c(Cl)cnc(c2=O)N[C@@H](Cc2ccccc2)CNCCCNCCc2ccccc2N1. The second-order valence-electron chi connectivity index (χ2n) is 8.61. The molecular weight excluding hydrogens is 464 g/mol. The van der Waals surface area contributed by atoms with Crippen LogP contribution < -0.4 is 26.8 Å². The number of amides is 1. The highest BCUT2D eigenvalue weighted by Crippen LogP contribution is 2.16. The summed E-state index contributed by atoms with van der Waals surface area (Å²) >= 11 is 6.28. The first-order valence-corrected chi connectivity index (χ1v) is 12.3. The second-order valence-corrected chi connectivity index (χ2v) is 9.00. The van der Waals surface area contributed by atoms with Gasteiger partial charge in [0.05, 0.1) is 6.20 Å². The van der Waals surface area contributed by atoms with Crippen molar-refractivity contribution in [2.45, 2.75) is 31.8 Å². The molecule has 0 saturated carbocycles. The Morgan fingerprint density at radius 3 is 2.60 bits per heavy atom. The summed E-state index contributed by atoms with van der Waals surface area (Å²) in [7, 11) is 0. The van der Waals surface area contributed by atoms with Gasteiger partial charge in [0.2, 0.25) is 5.91 Å². The van der Waals surface area contributed by atoms with Crippen LogP contribution in [-0.4, -0.2) is 47.7 Å². The summed E-state index contributed by atoms with van der Waals surface area (Å²) in [6.45, 7) is 3.01. The average molecular weight is 495 g/mol. The zero-order chi connectivity index (χ0) is 24.5. The van der Waals surface area contributed by atoms with E-state index in [2.05, 4.69) is 38.4 Å². The average Bonchev–Trinajstić information content (AvgIpc) is 2.86. The van der Waals surface area contributed by atoms with Gasteiger partial charge in [0.25, 0.3) is 5.56 Å². The molecule has 0 aliphatic carbocycles. The number of aromatic nitrogens is 2. The molecule has 2 bridgehead atoms. The van der Waals surface area contributed by atoms with Crippen LogP contribution in [0.4, 0.5) is 11.5 Å². The minimum Gasteiger partial charge on any atom is -0.361 e. The summed E-state index contributed by atoms with van der Waals surface area (Å²) in [6.07, 6.45) is 3.88. The highest BCUT2D eigenvalue weighted by molar-refractivity contribution is 6.29. The van der Waals surface area contributed by atoms with E-state index in [9.17, 15) is 9.59 Å². The molecule has 35 heavy (non-hydrogen) atoms. The number of fused-ring (bicyclic) bond motifs is 3. The number of halogens is 1. The molecule has 0 radical (unpaired) electrons. The minimum atomic E-state index is -0.427. The van der Waals surface area contributed by atoms with Crippen LogP contribution in [0.5, 0.6) is 0 Å². The van der Waals surface area contributed by atoms with Gasteiger partial charge in [0.15, 0.2) is 5.82 Å². The highest BCUT2D eigenvalue weighted by atomic mass is 35.5.